The second kappa shape index (κ2) is 10.0. The fourth-order valence-corrected chi connectivity index (χ4v) is 3.39. The van der Waals surface area contributed by atoms with Gasteiger partial charge in [0, 0.05) is 28.2 Å². The molecule has 3 aromatic rings. The number of hydrogen-bond donors (Lipinski definition) is 1. The number of rotatable bonds is 7. The molecule has 1 amide bonds. The van der Waals surface area contributed by atoms with E-state index in [1.807, 2.05) is 36.4 Å². The number of ether oxygens (including phenoxy) is 1. The van der Waals surface area contributed by atoms with Gasteiger partial charge in [-0.2, -0.15) is 0 Å². The van der Waals surface area contributed by atoms with Crippen LogP contribution in [0.15, 0.2) is 66.9 Å². The van der Waals surface area contributed by atoms with Gasteiger partial charge in [0.1, 0.15) is 0 Å². The second-order valence-electron chi connectivity index (χ2n) is 7.08. The van der Waals surface area contributed by atoms with Crippen molar-refractivity contribution in [2.24, 2.45) is 0 Å². The van der Waals surface area contributed by atoms with Gasteiger partial charge in [0.15, 0.2) is 0 Å². The van der Waals surface area contributed by atoms with Gasteiger partial charge < -0.3 is 10.1 Å². The number of hydrogen-bond acceptors (Lipinski definition) is 4. The lowest BCUT2D eigenvalue weighted by molar-refractivity contribution is -0.148. The molecule has 0 aliphatic heterocycles. The zero-order chi connectivity index (χ0) is 21.5. The van der Waals surface area contributed by atoms with Crippen LogP contribution in [0.2, 0.25) is 5.02 Å². The summed E-state index contributed by atoms with van der Waals surface area (Å²) in [6.45, 7) is 3.56. The largest absolute Gasteiger partial charge is 0.463 e. The number of aromatic nitrogens is 1. The van der Waals surface area contributed by atoms with Gasteiger partial charge in [-0.1, -0.05) is 54.1 Å². The Labute approximate surface area is 180 Å². The van der Waals surface area contributed by atoms with Gasteiger partial charge in [0.05, 0.1) is 24.1 Å². The number of nitrogens with one attached hydrogen (secondary N) is 1. The number of carbonyl (C=O) groups is 2. The lowest BCUT2D eigenvalue weighted by Crippen LogP contribution is -2.30. The quantitative estimate of drug-likeness (QED) is 0.424. The van der Waals surface area contributed by atoms with Gasteiger partial charge in [0.2, 0.25) is 5.91 Å². The van der Waals surface area contributed by atoms with E-state index in [0.717, 1.165) is 16.5 Å². The maximum Gasteiger partial charge on any atom is 0.308 e. The lowest BCUT2D eigenvalue weighted by Gasteiger charge is -2.19. The number of benzene rings is 2. The van der Waals surface area contributed by atoms with Crippen LogP contribution >= 0.6 is 11.6 Å². The number of pyridine rings is 1. The molecule has 1 unspecified atom stereocenters. The van der Waals surface area contributed by atoms with Crippen LogP contribution in [0.5, 0.6) is 0 Å². The van der Waals surface area contributed by atoms with Crippen LogP contribution in [-0.4, -0.2) is 23.0 Å². The Morgan fingerprint density at radius 2 is 1.87 bits per heavy atom. The van der Waals surface area contributed by atoms with Crippen molar-refractivity contribution in [1.29, 1.82) is 0 Å². The van der Waals surface area contributed by atoms with Gasteiger partial charge in [-0.05, 0) is 37.6 Å². The van der Waals surface area contributed by atoms with E-state index in [4.69, 9.17) is 16.3 Å². The van der Waals surface area contributed by atoms with Crippen LogP contribution in [0.1, 0.15) is 37.4 Å². The van der Waals surface area contributed by atoms with E-state index in [1.54, 1.807) is 44.3 Å². The molecule has 1 aromatic heterocycles. The highest BCUT2D eigenvalue weighted by Crippen LogP contribution is 2.26. The Morgan fingerprint density at radius 1 is 1.10 bits per heavy atom. The van der Waals surface area contributed by atoms with Crippen molar-refractivity contribution < 1.29 is 14.3 Å². The molecule has 1 atom stereocenters. The fraction of sp³-hybridized carbons (Fsp3) is 0.208. The van der Waals surface area contributed by atoms with Crippen LogP contribution in [0, 0.1) is 0 Å². The molecule has 0 saturated heterocycles. The number of para-hydroxylation sites is 1. The first kappa shape index (κ1) is 21.5. The smallest absolute Gasteiger partial charge is 0.308 e. The van der Waals surface area contributed by atoms with E-state index in [2.05, 4.69) is 10.3 Å². The summed E-state index contributed by atoms with van der Waals surface area (Å²) < 4.78 is 5.24. The third-order valence-corrected chi connectivity index (χ3v) is 4.76. The molecular formula is C24H23ClN2O3. The molecule has 0 radical (unpaired) electrons. The second-order valence-corrected chi connectivity index (χ2v) is 7.49. The van der Waals surface area contributed by atoms with Crippen molar-refractivity contribution in [3.63, 3.8) is 0 Å². The maximum absolute atomic E-state index is 12.6. The maximum atomic E-state index is 12.6. The van der Waals surface area contributed by atoms with Crippen LogP contribution in [0.3, 0.4) is 0 Å². The molecule has 0 saturated carbocycles. The summed E-state index contributed by atoms with van der Waals surface area (Å²) in [7, 11) is 0. The average Bonchev–Trinajstić information content (AvgIpc) is 2.71. The van der Waals surface area contributed by atoms with Crippen molar-refractivity contribution >= 4 is 40.5 Å². The number of halogens is 1. The van der Waals surface area contributed by atoms with Crippen molar-refractivity contribution in [1.82, 2.24) is 10.3 Å². The molecule has 154 valence electrons. The molecule has 0 bridgehead atoms. The van der Waals surface area contributed by atoms with E-state index in [-0.39, 0.29) is 18.4 Å². The first-order chi connectivity index (χ1) is 14.4. The highest BCUT2D eigenvalue weighted by molar-refractivity contribution is 6.31. The zero-order valence-corrected chi connectivity index (χ0v) is 17.6. The van der Waals surface area contributed by atoms with E-state index >= 15 is 0 Å². The first-order valence-electron chi connectivity index (χ1n) is 9.70. The van der Waals surface area contributed by atoms with Crippen LogP contribution < -0.4 is 5.32 Å². The van der Waals surface area contributed by atoms with Gasteiger partial charge in [-0.3, -0.25) is 14.6 Å². The summed E-state index contributed by atoms with van der Waals surface area (Å²) in [4.78, 5) is 29.2. The Bertz CT molecular complexity index is 1070. The number of esters is 1. The van der Waals surface area contributed by atoms with E-state index < -0.39 is 12.0 Å². The van der Waals surface area contributed by atoms with Gasteiger partial charge in [-0.25, -0.2) is 0 Å². The Morgan fingerprint density at radius 3 is 2.63 bits per heavy atom. The predicted octanol–water partition coefficient (Wildman–Crippen LogP) is 5.10. The predicted molar refractivity (Wildman–Crippen MR) is 119 cm³/mol. The van der Waals surface area contributed by atoms with Crippen molar-refractivity contribution in [2.45, 2.75) is 32.4 Å². The highest BCUT2D eigenvalue weighted by Gasteiger charge is 2.21. The highest BCUT2D eigenvalue weighted by atomic mass is 35.5. The van der Waals surface area contributed by atoms with E-state index in [0.29, 0.717) is 10.6 Å². The summed E-state index contributed by atoms with van der Waals surface area (Å²) in [5.41, 5.74) is 2.30. The van der Waals surface area contributed by atoms with Crippen LogP contribution in [0.25, 0.3) is 17.0 Å². The van der Waals surface area contributed by atoms with Gasteiger partial charge >= 0.3 is 5.97 Å². The van der Waals surface area contributed by atoms with Crippen molar-refractivity contribution in [3.05, 3.63) is 83.0 Å². The minimum Gasteiger partial charge on any atom is -0.463 e. The molecule has 1 heterocycles. The lowest BCUT2D eigenvalue weighted by atomic mass is 10.0. The molecule has 6 heteroatoms. The summed E-state index contributed by atoms with van der Waals surface area (Å²) in [6.07, 6.45) is 4.60. The molecule has 0 aliphatic rings. The molecule has 3 rings (SSSR count). The molecule has 5 nitrogen and oxygen atoms in total. The van der Waals surface area contributed by atoms with Crippen molar-refractivity contribution in [3.8, 4) is 0 Å². The molecule has 0 aliphatic carbocycles. The summed E-state index contributed by atoms with van der Waals surface area (Å²) in [5.74, 6) is -0.748. The first-order valence-corrected chi connectivity index (χ1v) is 10.1. The number of amides is 1. The van der Waals surface area contributed by atoms with Crippen molar-refractivity contribution in [2.75, 3.05) is 0 Å². The normalized spacial score (nSPS) is 12.3. The standard InChI is InChI=1S/C24H23ClN2O3/c1-16(2)30-23(29)15-21(19-10-3-4-11-20(19)25)27-22(28)13-12-18-8-5-7-17-9-6-14-26-24(17)18/h3-14,16,21H,15H2,1-2H3,(H,27,28)/b13-12+. The Hall–Kier alpha value is -3.18. The van der Waals surface area contributed by atoms with Crippen LogP contribution in [-0.2, 0) is 14.3 Å². The monoisotopic (exact) mass is 422 g/mol. The molecule has 30 heavy (non-hydrogen) atoms. The molecule has 0 spiro atoms. The van der Waals surface area contributed by atoms with Crippen LogP contribution in [0.4, 0.5) is 0 Å². The summed E-state index contributed by atoms with van der Waals surface area (Å²) >= 11 is 6.30. The Balaban J connectivity index is 1.79. The third-order valence-electron chi connectivity index (χ3n) is 4.41. The average molecular weight is 423 g/mol. The Kier molecular flexibility index (Phi) is 7.20. The summed E-state index contributed by atoms with van der Waals surface area (Å²) in [5, 5.41) is 4.33. The SMILES string of the molecule is CC(C)OC(=O)CC(NC(=O)/C=C/c1cccc2cccnc12)c1ccccc1Cl. The molecule has 0 fully saturated rings. The number of fused-ring (bicyclic) bond motifs is 1. The number of nitrogens with zero attached hydrogens (tertiary/aromatic N) is 1. The minimum absolute atomic E-state index is 0.0166. The number of carbonyl (C=O) groups excluding carboxylic acids is 2. The molecule has 1 N–H and O–H groups in total. The summed E-state index contributed by atoms with van der Waals surface area (Å²) in [6, 6.07) is 16.1. The minimum atomic E-state index is -0.604. The third kappa shape index (κ3) is 5.67. The topological polar surface area (TPSA) is 68.3 Å². The fourth-order valence-electron chi connectivity index (χ4n) is 3.12. The molecular weight excluding hydrogens is 400 g/mol. The molecule has 2 aromatic carbocycles. The zero-order valence-electron chi connectivity index (χ0n) is 16.8. The van der Waals surface area contributed by atoms with Gasteiger partial charge in [-0.15, -0.1) is 0 Å². The van der Waals surface area contributed by atoms with E-state index in [1.165, 1.54) is 6.08 Å². The van der Waals surface area contributed by atoms with Gasteiger partial charge in [0.25, 0.3) is 0 Å². The van der Waals surface area contributed by atoms with E-state index in [9.17, 15) is 9.59 Å².